The number of aliphatic hydroxyl groups excluding tert-OH is 1. The molecule has 2 rings (SSSR count). The topological polar surface area (TPSA) is 57.6 Å². The minimum atomic E-state index is -3.91. The minimum Gasteiger partial charge on any atom is -0.393 e. The molecular weight excluding hydrogens is 293 g/mol. The van der Waals surface area contributed by atoms with Crippen LogP contribution in [0, 0.1) is 11.7 Å². The molecule has 0 spiro atoms. The standard InChI is InChI=1S/C12H15ClFNO3S/c1-8-7-15(6-5-10(8)16)19(17,18)11-4-2-3-9(13)12(11)14/h2-4,8,10,16H,5-7H2,1H3. The number of benzene rings is 1. The Morgan fingerprint density at radius 3 is 2.79 bits per heavy atom. The molecule has 1 aliphatic heterocycles. The molecule has 0 bridgehead atoms. The van der Waals surface area contributed by atoms with Gasteiger partial charge in [-0.1, -0.05) is 24.6 Å². The van der Waals surface area contributed by atoms with E-state index in [-0.39, 0.29) is 24.0 Å². The Hall–Kier alpha value is -0.690. The van der Waals surface area contributed by atoms with Crippen LogP contribution in [0.3, 0.4) is 0 Å². The normalized spacial score (nSPS) is 25.5. The van der Waals surface area contributed by atoms with Crippen molar-refractivity contribution >= 4 is 21.6 Å². The molecule has 2 atom stereocenters. The second-order valence-electron chi connectivity index (χ2n) is 4.75. The van der Waals surface area contributed by atoms with Crippen LogP contribution in [0.2, 0.25) is 5.02 Å². The Bertz CT molecular complexity index is 578. The SMILES string of the molecule is CC1CN(S(=O)(=O)c2cccc(Cl)c2F)CCC1O. The summed E-state index contributed by atoms with van der Waals surface area (Å²) in [4.78, 5) is -0.413. The molecule has 0 saturated carbocycles. The summed E-state index contributed by atoms with van der Waals surface area (Å²) in [7, 11) is -3.91. The van der Waals surface area contributed by atoms with Crippen LogP contribution < -0.4 is 0 Å². The fourth-order valence-corrected chi connectivity index (χ4v) is 4.01. The van der Waals surface area contributed by atoms with Crippen molar-refractivity contribution in [1.29, 1.82) is 0 Å². The average Bonchev–Trinajstić information content (AvgIpc) is 2.35. The molecule has 19 heavy (non-hydrogen) atoms. The van der Waals surface area contributed by atoms with Gasteiger partial charge in [0.2, 0.25) is 10.0 Å². The number of piperidine rings is 1. The van der Waals surface area contributed by atoms with E-state index in [9.17, 15) is 17.9 Å². The maximum absolute atomic E-state index is 13.8. The largest absolute Gasteiger partial charge is 0.393 e. The Balaban J connectivity index is 2.35. The van der Waals surface area contributed by atoms with E-state index in [1.165, 1.54) is 22.5 Å². The molecule has 0 aromatic heterocycles. The van der Waals surface area contributed by atoms with Crippen LogP contribution >= 0.6 is 11.6 Å². The molecule has 1 saturated heterocycles. The van der Waals surface area contributed by atoms with Crippen molar-refractivity contribution in [1.82, 2.24) is 4.31 Å². The number of hydrogen-bond acceptors (Lipinski definition) is 3. The first-order valence-electron chi connectivity index (χ1n) is 5.96. The summed E-state index contributed by atoms with van der Waals surface area (Å²) in [5.41, 5.74) is 0. The summed E-state index contributed by atoms with van der Waals surface area (Å²) in [6, 6.07) is 3.91. The van der Waals surface area contributed by atoms with E-state index in [1.54, 1.807) is 6.92 Å². The third-order valence-electron chi connectivity index (χ3n) is 3.36. The van der Waals surface area contributed by atoms with Crippen molar-refractivity contribution in [2.45, 2.75) is 24.3 Å². The van der Waals surface area contributed by atoms with Gasteiger partial charge in [0, 0.05) is 13.1 Å². The smallest absolute Gasteiger partial charge is 0.246 e. The van der Waals surface area contributed by atoms with Crippen LogP contribution in [0.4, 0.5) is 4.39 Å². The first-order chi connectivity index (χ1) is 8.84. The maximum atomic E-state index is 13.8. The fraction of sp³-hybridized carbons (Fsp3) is 0.500. The Morgan fingerprint density at radius 2 is 2.16 bits per heavy atom. The highest BCUT2D eigenvalue weighted by Gasteiger charge is 2.34. The molecule has 0 radical (unpaired) electrons. The molecule has 1 aliphatic rings. The van der Waals surface area contributed by atoms with Crippen LogP contribution in [-0.2, 0) is 10.0 Å². The van der Waals surface area contributed by atoms with Crippen molar-refractivity contribution in [3.8, 4) is 0 Å². The van der Waals surface area contributed by atoms with Crippen molar-refractivity contribution in [3.63, 3.8) is 0 Å². The molecule has 1 fully saturated rings. The molecule has 1 N–H and O–H groups in total. The monoisotopic (exact) mass is 307 g/mol. The highest BCUT2D eigenvalue weighted by Crippen LogP contribution is 2.28. The van der Waals surface area contributed by atoms with E-state index in [0.717, 1.165) is 0 Å². The highest BCUT2D eigenvalue weighted by molar-refractivity contribution is 7.89. The van der Waals surface area contributed by atoms with E-state index >= 15 is 0 Å². The van der Waals surface area contributed by atoms with Gasteiger partial charge < -0.3 is 5.11 Å². The average molecular weight is 308 g/mol. The first kappa shape index (κ1) is 14.7. The van der Waals surface area contributed by atoms with Gasteiger partial charge in [0.05, 0.1) is 11.1 Å². The number of hydrogen-bond donors (Lipinski definition) is 1. The van der Waals surface area contributed by atoms with E-state index < -0.39 is 26.8 Å². The van der Waals surface area contributed by atoms with Gasteiger partial charge in [-0.2, -0.15) is 4.31 Å². The summed E-state index contributed by atoms with van der Waals surface area (Å²) in [6.07, 6.45) is -0.168. The predicted molar refractivity (Wildman–Crippen MR) is 70.0 cm³/mol. The summed E-state index contributed by atoms with van der Waals surface area (Å²) in [6.45, 7) is 2.12. The molecule has 1 aromatic rings. The molecule has 0 aliphatic carbocycles. The second kappa shape index (κ2) is 5.36. The molecular formula is C12H15ClFNO3S. The van der Waals surface area contributed by atoms with Gasteiger partial charge in [0.1, 0.15) is 4.90 Å². The molecule has 7 heteroatoms. The summed E-state index contributed by atoms with van der Waals surface area (Å²) in [5, 5.41) is 9.40. The van der Waals surface area contributed by atoms with Crippen molar-refractivity contribution < 1.29 is 17.9 Å². The van der Waals surface area contributed by atoms with Crippen LogP contribution in [0.25, 0.3) is 0 Å². The number of halogens is 2. The van der Waals surface area contributed by atoms with Crippen molar-refractivity contribution in [3.05, 3.63) is 29.0 Å². The zero-order chi connectivity index (χ0) is 14.2. The lowest BCUT2D eigenvalue weighted by molar-refractivity contribution is 0.0628. The Kier molecular flexibility index (Phi) is 4.15. The third kappa shape index (κ3) is 2.76. The van der Waals surface area contributed by atoms with Crippen LogP contribution in [0.5, 0.6) is 0 Å². The second-order valence-corrected chi connectivity index (χ2v) is 7.06. The van der Waals surface area contributed by atoms with Crippen molar-refractivity contribution in [2.24, 2.45) is 5.92 Å². The third-order valence-corrected chi connectivity index (χ3v) is 5.53. The van der Waals surface area contributed by atoms with Crippen LogP contribution in [0.1, 0.15) is 13.3 Å². The predicted octanol–water partition coefficient (Wildman–Crippen LogP) is 1.87. The number of rotatable bonds is 2. The van der Waals surface area contributed by atoms with E-state index in [0.29, 0.717) is 6.42 Å². The molecule has 4 nitrogen and oxygen atoms in total. The lowest BCUT2D eigenvalue weighted by atomic mass is 9.99. The van der Waals surface area contributed by atoms with Gasteiger partial charge in [-0.3, -0.25) is 0 Å². The van der Waals surface area contributed by atoms with Gasteiger partial charge >= 0.3 is 0 Å². The van der Waals surface area contributed by atoms with Crippen LogP contribution in [-0.4, -0.2) is 37.0 Å². The molecule has 2 unspecified atom stereocenters. The van der Waals surface area contributed by atoms with E-state index in [1.807, 2.05) is 0 Å². The number of sulfonamides is 1. The summed E-state index contributed by atoms with van der Waals surface area (Å²) < 4.78 is 39.7. The van der Waals surface area contributed by atoms with Gasteiger partial charge in [-0.15, -0.1) is 0 Å². The Morgan fingerprint density at radius 1 is 1.47 bits per heavy atom. The van der Waals surface area contributed by atoms with Gasteiger partial charge in [0.25, 0.3) is 0 Å². The minimum absolute atomic E-state index is 0.175. The summed E-state index contributed by atoms with van der Waals surface area (Å²) in [5.74, 6) is -1.10. The Labute approximate surface area is 116 Å². The number of nitrogens with zero attached hydrogens (tertiary/aromatic N) is 1. The maximum Gasteiger partial charge on any atom is 0.246 e. The van der Waals surface area contributed by atoms with Crippen LogP contribution in [0.15, 0.2) is 23.1 Å². The fourth-order valence-electron chi connectivity index (χ4n) is 2.14. The zero-order valence-electron chi connectivity index (χ0n) is 10.4. The molecule has 106 valence electrons. The first-order valence-corrected chi connectivity index (χ1v) is 7.78. The molecule has 0 amide bonds. The number of aliphatic hydroxyl groups is 1. The van der Waals surface area contributed by atoms with Gasteiger partial charge in [-0.05, 0) is 24.5 Å². The molecule has 1 heterocycles. The lowest BCUT2D eigenvalue weighted by Crippen LogP contribution is -2.45. The quantitative estimate of drug-likeness (QED) is 0.907. The van der Waals surface area contributed by atoms with Gasteiger partial charge in [0.15, 0.2) is 5.82 Å². The van der Waals surface area contributed by atoms with E-state index in [4.69, 9.17) is 11.6 Å². The zero-order valence-corrected chi connectivity index (χ0v) is 12.0. The molecule has 1 aromatic carbocycles. The lowest BCUT2D eigenvalue weighted by Gasteiger charge is -2.33. The van der Waals surface area contributed by atoms with Crippen molar-refractivity contribution in [2.75, 3.05) is 13.1 Å². The summed E-state index contributed by atoms with van der Waals surface area (Å²) >= 11 is 5.61. The van der Waals surface area contributed by atoms with E-state index in [2.05, 4.69) is 0 Å². The van der Waals surface area contributed by atoms with Gasteiger partial charge in [-0.25, -0.2) is 12.8 Å². The highest BCUT2D eigenvalue weighted by atomic mass is 35.5.